The number of benzene rings is 2. The summed E-state index contributed by atoms with van der Waals surface area (Å²) in [7, 11) is 0. The summed E-state index contributed by atoms with van der Waals surface area (Å²) in [6.45, 7) is 3.12. The molecule has 1 aromatic heterocycles. The van der Waals surface area contributed by atoms with Crippen LogP contribution in [-0.2, 0) is 6.54 Å². The second-order valence-electron chi connectivity index (χ2n) is 6.76. The van der Waals surface area contributed by atoms with Crippen LogP contribution in [0.1, 0.15) is 28.9 Å². The van der Waals surface area contributed by atoms with Crippen molar-refractivity contribution in [2.45, 2.75) is 19.4 Å². The minimum absolute atomic E-state index is 0.218. The Hall–Kier alpha value is -2.79. The molecule has 5 heteroatoms. The lowest BCUT2D eigenvalue weighted by Crippen LogP contribution is -2.18. The molecule has 2 aromatic carbocycles. The first-order valence-electron chi connectivity index (χ1n) is 8.82. The molecule has 4 rings (SSSR count). The number of fused-ring (bicyclic) bond motifs is 1. The molecule has 0 saturated carbocycles. The van der Waals surface area contributed by atoms with Gasteiger partial charge in [0.25, 0.3) is 5.91 Å². The van der Waals surface area contributed by atoms with E-state index in [2.05, 4.69) is 16.0 Å². The molecule has 2 heterocycles. The van der Waals surface area contributed by atoms with Crippen molar-refractivity contribution < 1.29 is 9.18 Å². The van der Waals surface area contributed by atoms with E-state index in [9.17, 15) is 9.18 Å². The molecule has 1 saturated heterocycles. The zero-order valence-electron chi connectivity index (χ0n) is 14.4. The fraction of sp³-hybridized carbons (Fsp3) is 0.238. The Labute approximate surface area is 151 Å². The molecule has 1 aliphatic rings. The summed E-state index contributed by atoms with van der Waals surface area (Å²) >= 11 is 0. The zero-order valence-corrected chi connectivity index (χ0v) is 14.4. The maximum Gasteiger partial charge on any atom is 0.267 e. The van der Waals surface area contributed by atoms with E-state index in [1.54, 1.807) is 18.2 Å². The second-order valence-corrected chi connectivity index (χ2v) is 6.76. The number of nitrogens with zero attached hydrogens (tertiary/aromatic N) is 2. The first kappa shape index (κ1) is 16.7. The van der Waals surface area contributed by atoms with Crippen LogP contribution < -0.4 is 5.73 Å². The number of hydrogen-bond donors (Lipinski definition) is 1. The summed E-state index contributed by atoms with van der Waals surface area (Å²) < 4.78 is 13.3. The van der Waals surface area contributed by atoms with E-state index >= 15 is 0 Å². The molecule has 0 radical (unpaired) electrons. The quantitative estimate of drug-likeness (QED) is 0.781. The van der Waals surface area contributed by atoms with E-state index in [1.807, 2.05) is 12.1 Å². The van der Waals surface area contributed by atoms with Crippen LogP contribution in [0.3, 0.4) is 0 Å². The molecule has 0 atom stereocenters. The highest BCUT2D eigenvalue weighted by atomic mass is 19.1. The van der Waals surface area contributed by atoms with Crippen molar-refractivity contribution in [2.24, 2.45) is 5.73 Å². The Morgan fingerprint density at radius 3 is 2.50 bits per heavy atom. The number of halogens is 1. The van der Waals surface area contributed by atoms with E-state index in [4.69, 9.17) is 5.73 Å². The number of likely N-dealkylation sites (tertiary alicyclic amines) is 1. The van der Waals surface area contributed by atoms with Gasteiger partial charge in [-0.1, -0.05) is 24.3 Å². The van der Waals surface area contributed by atoms with Gasteiger partial charge in [-0.3, -0.25) is 9.69 Å². The Bertz CT molecular complexity index is 963. The summed E-state index contributed by atoms with van der Waals surface area (Å²) in [6, 6.07) is 14.0. The van der Waals surface area contributed by atoms with Crippen LogP contribution in [0.15, 0.2) is 48.5 Å². The number of primary amides is 1. The Morgan fingerprint density at radius 2 is 1.81 bits per heavy atom. The van der Waals surface area contributed by atoms with Gasteiger partial charge in [0.15, 0.2) is 0 Å². The monoisotopic (exact) mass is 349 g/mol. The molecular formula is C21H20FN3O. The number of carbonyl (C=O) groups is 1. The van der Waals surface area contributed by atoms with Gasteiger partial charge in [-0.05, 0) is 66.9 Å². The predicted molar refractivity (Wildman–Crippen MR) is 100 cm³/mol. The Morgan fingerprint density at radius 1 is 1.08 bits per heavy atom. The number of nitrogens with two attached hydrogens (primary N) is 1. The molecule has 1 amide bonds. The lowest BCUT2D eigenvalue weighted by atomic mass is 9.98. The molecular weight excluding hydrogens is 329 g/mol. The summed E-state index contributed by atoms with van der Waals surface area (Å²) in [5, 5.41) is 0.923. The van der Waals surface area contributed by atoms with Crippen LogP contribution >= 0.6 is 0 Å². The van der Waals surface area contributed by atoms with Gasteiger partial charge in [0.2, 0.25) is 0 Å². The Kier molecular flexibility index (Phi) is 4.39. The van der Waals surface area contributed by atoms with Gasteiger partial charge < -0.3 is 5.73 Å². The third-order valence-corrected chi connectivity index (χ3v) is 4.89. The van der Waals surface area contributed by atoms with E-state index in [0.717, 1.165) is 41.7 Å². The minimum atomic E-state index is -0.569. The highest BCUT2D eigenvalue weighted by molar-refractivity contribution is 6.00. The standard InChI is InChI=1S/C21H20FN3O/c22-16-6-4-15(5-7-16)18-12-20(21(23)26)24-19-11-14(3-8-17(18)19)13-25-9-1-2-10-25/h3-8,11-12H,1-2,9-10,13H2,(H2,23,26). The van der Waals surface area contributed by atoms with Crippen molar-refractivity contribution in [3.63, 3.8) is 0 Å². The number of aromatic nitrogens is 1. The van der Waals surface area contributed by atoms with Crippen molar-refractivity contribution in [2.75, 3.05) is 13.1 Å². The van der Waals surface area contributed by atoms with Gasteiger partial charge in [-0.15, -0.1) is 0 Å². The van der Waals surface area contributed by atoms with E-state index in [0.29, 0.717) is 0 Å². The molecule has 2 N–H and O–H groups in total. The maximum atomic E-state index is 13.3. The summed E-state index contributed by atoms with van der Waals surface area (Å²) in [5.74, 6) is -0.865. The van der Waals surface area contributed by atoms with Gasteiger partial charge in [0.1, 0.15) is 11.5 Å². The molecule has 0 unspecified atom stereocenters. The molecule has 4 nitrogen and oxygen atoms in total. The fourth-order valence-corrected chi connectivity index (χ4v) is 3.57. The first-order valence-corrected chi connectivity index (χ1v) is 8.82. The van der Waals surface area contributed by atoms with Crippen molar-refractivity contribution in [1.29, 1.82) is 0 Å². The molecule has 26 heavy (non-hydrogen) atoms. The number of rotatable bonds is 4. The molecule has 0 bridgehead atoms. The van der Waals surface area contributed by atoms with Crippen LogP contribution in [0, 0.1) is 5.82 Å². The van der Waals surface area contributed by atoms with Crippen molar-refractivity contribution in [3.8, 4) is 11.1 Å². The van der Waals surface area contributed by atoms with E-state index in [1.165, 1.54) is 30.5 Å². The SMILES string of the molecule is NC(=O)c1cc(-c2ccc(F)cc2)c2ccc(CN3CCCC3)cc2n1. The van der Waals surface area contributed by atoms with E-state index < -0.39 is 5.91 Å². The highest BCUT2D eigenvalue weighted by Crippen LogP contribution is 2.30. The van der Waals surface area contributed by atoms with Gasteiger partial charge in [0.05, 0.1) is 5.52 Å². The van der Waals surface area contributed by atoms with Gasteiger partial charge in [0, 0.05) is 11.9 Å². The Balaban J connectivity index is 1.82. The van der Waals surface area contributed by atoms with Gasteiger partial charge in [-0.2, -0.15) is 0 Å². The summed E-state index contributed by atoms with van der Waals surface area (Å²) in [4.78, 5) is 18.6. The zero-order chi connectivity index (χ0) is 18.1. The third kappa shape index (κ3) is 3.30. The van der Waals surface area contributed by atoms with E-state index in [-0.39, 0.29) is 11.5 Å². The lowest BCUT2D eigenvalue weighted by Gasteiger charge is -2.15. The average Bonchev–Trinajstić information content (AvgIpc) is 3.14. The van der Waals surface area contributed by atoms with Crippen LogP contribution in [0.25, 0.3) is 22.0 Å². The lowest BCUT2D eigenvalue weighted by molar-refractivity contribution is 0.0996. The molecule has 1 aliphatic heterocycles. The summed E-state index contributed by atoms with van der Waals surface area (Å²) in [6.07, 6.45) is 2.48. The van der Waals surface area contributed by atoms with Gasteiger partial charge >= 0.3 is 0 Å². The number of hydrogen-bond acceptors (Lipinski definition) is 3. The molecule has 0 spiro atoms. The van der Waals surface area contributed by atoms with Crippen LogP contribution in [0.5, 0.6) is 0 Å². The second kappa shape index (κ2) is 6.84. The average molecular weight is 349 g/mol. The molecule has 3 aromatic rings. The molecule has 132 valence electrons. The highest BCUT2D eigenvalue weighted by Gasteiger charge is 2.15. The predicted octanol–water partition coefficient (Wildman–Crippen LogP) is 3.74. The largest absolute Gasteiger partial charge is 0.364 e. The third-order valence-electron chi connectivity index (χ3n) is 4.89. The van der Waals surface area contributed by atoms with Crippen LogP contribution in [0.2, 0.25) is 0 Å². The first-order chi connectivity index (χ1) is 12.6. The van der Waals surface area contributed by atoms with Crippen LogP contribution in [-0.4, -0.2) is 28.9 Å². The smallest absolute Gasteiger partial charge is 0.267 e. The van der Waals surface area contributed by atoms with Crippen molar-refractivity contribution >= 4 is 16.8 Å². The summed E-state index contributed by atoms with van der Waals surface area (Å²) in [5.41, 5.74) is 9.25. The fourth-order valence-electron chi connectivity index (χ4n) is 3.57. The maximum absolute atomic E-state index is 13.3. The number of amides is 1. The van der Waals surface area contributed by atoms with Crippen LogP contribution in [0.4, 0.5) is 4.39 Å². The normalized spacial score (nSPS) is 14.8. The van der Waals surface area contributed by atoms with Crippen molar-refractivity contribution in [3.05, 3.63) is 65.6 Å². The molecule has 0 aliphatic carbocycles. The topological polar surface area (TPSA) is 59.2 Å². The van der Waals surface area contributed by atoms with Crippen molar-refractivity contribution in [1.82, 2.24) is 9.88 Å². The number of carbonyl (C=O) groups excluding carboxylic acids is 1. The van der Waals surface area contributed by atoms with Gasteiger partial charge in [-0.25, -0.2) is 9.37 Å². The molecule has 1 fully saturated rings. The number of pyridine rings is 1. The minimum Gasteiger partial charge on any atom is -0.364 e.